The minimum absolute atomic E-state index is 0.352. The largest absolute Gasteiger partial charge is 0.393 e. The Morgan fingerprint density at radius 1 is 1.29 bits per heavy atom. The van der Waals surface area contributed by atoms with Crippen LogP contribution in [0.2, 0.25) is 5.15 Å². The summed E-state index contributed by atoms with van der Waals surface area (Å²) < 4.78 is 4.99. The maximum Gasteiger partial charge on any atom is 0.159 e. The molecule has 7 nitrogen and oxygen atoms in total. The van der Waals surface area contributed by atoms with E-state index >= 15 is 0 Å². The van der Waals surface area contributed by atoms with E-state index in [1.54, 1.807) is 25.4 Å². The normalized spacial score (nSPS) is 10.4. The number of aromatic nitrogens is 3. The molecule has 0 radical (unpaired) electrons. The predicted molar refractivity (Wildman–Crippen MR) is 84.0 cm³/mol. The van der Waals surface area contributed by atoms with E-state index < -0.39 is 0 Å². The Bertz CT molecular complexity index is 595. The smallest absolute Gasteiger partial charge is 0.159 e. The third-order valence-electron chi connectivity index (χ3n) is 2.71. The summed E-state index contributed by atoms with van der Waals surface area (Å²) in [5.41, 5.74) is 7.11. The molecule has 0 aromatic carbocycles. The zero-order chi connectivity index (χ0) is 15.1. The monoisotopic (exact) mass is 308 g/mol. The summed E-state index contributed by atoms with van der Waals surface area (Å²) in [7, 11) is 1.67. The molecule has 0 atom stereocenters. The summed E-state index contributed by atoms with van der Waals surface area (Å²) in [6.45, 7) is 1.39. The van der Waals surface area contributed by atoms with Gasteiger partial charge in [-0.1, -0.05) is 11.6 Å². The number of halogens is 1. The van der Waals surface area contributed by atoms with Crippen molar-refractivity contribution in [2.45, 2.75) is 6.42 Å². The number of ether oxygens (including phenoxy) is 1. The maximum absolute atomic E-state index is 6.05. The van der Waals surface area contributed by atoms with Gasteiger partial charge in [0.05, 0.1) is 5.69 Å². The van der Waals surface area contributed by atoms with Gasteiger partial charge in [0.15, 0.2) is 16.8 Å². The second-order valence-corrected chi connectivity index (χ2v) is 4.58. The van der Waals surface area contributed by atoms with Crippen LogP contribution >= 0.6 is 11.6 Å². The van der Waals surface area contributed by atoms with Gasteiger partial charge in [-0.2, -0.15) is 0 Å². The van der Waals surface area contributed by atoms with E-state index in [4.69, 9.17) is 22.1 Å². The van der Waals surface area contributed by atoms with Crippen LogP contribution in [0.25, 0.3) is 0 Å². The molecule has 2 heterocycles. The molecule has 0 amide bonds. The van der Waals surface area contributed by atoms with Crippen LogP contribution in [0.4, 0.5) is 23.0 Å². The highest BCUT2D eigenvalue weighted by Crippen LogP contribution is 2.28. The molecule has 0 fully saturated rings. The van der Waals surface area contributed by atoms with E-state index in [1.807, 2.05) is 0 Å². The molecule has 0 aliphatic carbocycles. The predicted octanol–water partition coefficient (Wildman–Crippen LogP) is 2.30. The average molecular weight is 309 g/mol. The molecule has 112 valence electrons. The second-order valence-electron chi connectivity index (χ2n) is 4.22. The van der Waals surface area contributed by atoms with E-state index in [0.29, 0.717) is 41.3 Å². The lowest BCUT2D eigenvalue weighted by molar-refractivity contribution is 0.198. The first-order valence-electron chi connectivity index (χ1n) is 6.43. The van der Waals surface area contributed by atoms with Gasteiger partial charge >= 0.3 is 0 Å². The molecule has 0 saturated carbocycles. The fourth-order valence-corrected chi connectivity index (χ4v) is 1.83. The molecule has 0 aliphatic rings. The third kappa shape index (κ3) is 4.17. The highest BCUT2D eigenvalue weighted by molar-refractivity contribution is 6.32. The maximum atomic E-state index is 6.05. The van der Waals surface area contributed by atoms with Crippen LogP contribution < -0.4 is 16.4 Å². The summed E-state index contributed by atoms with van der Waals surface area (Å²) in [6, 6.07) is 3.57. The zero-order valence-corrected chi connectivity index (χ0v) is 12.4. The topological polar surface area (TPSA) is 98.0 Å². The van der Waals surface area contributed by atoms with E-state index in [0.717, 1.165) is 6.42 Å². The summed E-state index contributed by atoms with van der Waals surface area (Å²) in [5, 5.41) is 6.54. The van der Waals surface area contributed by atoms with Crippen molar-refractivity contribution in [1.29, 1.82) is 0 Å². The van der Waals surface area contributed by atoms with Gasteiger partial charge in [-0.05, 0) is 18.6 Å². The van der Waals surface area contributed by atoms with E-state index in [2.05, 4.69) is 25.6 Å². The first-order valence-corrected chi connectivity index (χ1v) is 6.81. The van der Waals surface area contributed by atoms with Gasteiger partial charge in [0.2, 0.25) is 0 Å². The molecular formula is C13H17ClN6O. The average Bonchev–Trinajstić information content (AvgIpc) is 2.49. The van der Waals surface area contributed by atoms with Gasteiger partial charge in [-0.25, -0.2) is 15.0 Å². The molecule has 2 aromatic heterocycles. The Morgan fingerprint density at radius 3 is 2.86 bits per heavy atom. The first-order chi connectivity index (χ1) is 10.2. The number of hydrogen-bond donors (Lipinski definition) is 3. The fraction of sp³-hybridized carbons (Fsp3) is 0.308. The molecule has 2 rings (SSSR count). The van der Waals surface area contributed by atoms with Gasteiger partial charge in [-0.15, -0.1) is 0 Å². The number of nitrogens with zero attached hydrogens (tertiary/aromatic N) is 3. The number of anilines is 4. The quantitative estimate of drug-likeness (QED) is 0.533. The van der Waals surface area contributed by atoms with Crippen molar-refractivity contribution in [2.24, 2.45) is 0 Å². The van der Waals surface area contributed by atoms with E-state index in [1.165, 1.54) is 6.33 Å². The molecule has 0 bridgehead atoms. The Labute approximate surface area is 127 Å². The van der Waals surface area contributed by atoms with E-state index in [-0.39, 0.29) is 0 Å². The van der Waals surface area contributed by atoms with Crippen molar-refractivity contribution < 1.29 is 4.74 Å². The minimum Gasteiger partial charge on any atom is -0.393 e. The van der Waals surface area contributed by atoms with E-state index in [9.17, 15) is 0 Å². The fourth-order valence-electron chi connectivity index (χ4n) is 1.67. The van der Waals surface area contributed by atoms with Gasteiger partial charge in [0.1, 0.15) is 12.0 Å². The van der Waals surface area contributed by atoms with Crippen molar-refractivity contribution >= 4 is 34.6 Å². The molecule has 0 spiro atoms. The standard InChI is InChI=1S/C13H17ClN6O/c1-21-7-3-6-17-12-10(15)13(19-8-18-12)20-9-4-2-5-16-11(9)14/h2,4-5,8H,3,6-7,15H2,1H3,(H2,17,18,19,20). The van der Waals surface area contributed by atoms with Crippen LogP contribution in [0.1, 0.15) is 6.42 Å². The van der Waals surface area contributed by atoms with Crippen LogP contribution in [0, 0.1) is 0 Å². The second kappa shape index (κ2) is 7.61. The van der Waals surface area contributed by atoms with Crippen LogP contribution in [-0.2, 0) is 4.74 Å². The number of pyridine rings is 1. The summed E-state index contributed by atoms with van der Waals surface area (Å²) in [4.78, 5) is 12.2. The number of nitrogens with two attached hydrogens (primary N) is 1. The van der Waals surface area contributed by atoms with Crippen molar-refractivity contribution in [2.75, 3.05) is 36.6 Å². The molecule has 2 aromatic rings. The number of methoxy groups -OCH3 is 1. The zero-order valence-electron chi connectivity index (χ0n) is 11.6. The van der Waals surface area contributed by atoms with Crippen LogP contribution in [0.15, 0.2) is 24.7 Å². The third-order valence-corrected chi connectivity index (χ3v) is 3.01. The van der Waals surface area contributed by atoms with Crippen molar-refractivity contribution in [3.8, 4) is 0 Å². The van der Waals surface area contributed by atoms with Crippen LogP contribution in [0.3, 0.4) is 0 Å². The molecule has 0 aliphatic heterocycles. The lowest BCUT2D eigenvalue weighted by Crippen LogP contribution is -2.10. The molecular weight excluding hydrogens is 292 g/mol. The van der Waals surface area contributed by atoms with Crippen LogP contribution in [-0.4, -0.2) is 35.2 Å². The Balaban J connectivity index is 2.09. The van der Waals surface area contributed by atoms with Crippen LogP contribution in [0.5, 0.6) is 0 Å². The summed E-state index contributed by atoms with van der Waals surface area (Å²) >= 11 is 6.00. The number of nitrogen functional groups attached to an aromatic ring is 1. The van der Waals surface area contributed by atoms with Crippen molar-refractivity contribution in [3.05, 3.63) is 29.8 Å². The Morgan fingerprint density at radius 2 is 2.10 bits per heavy atom. The van der Waals surface area contributed by atoms with Gasteiger partial charge < -0.3 is 21.1 Å². The molecule has 0 saturated heterocycles. The highest BCUT2D eigenvalue weighted by atomic mass is 35.5. The molecule has 4 N–H and O–H groups in total. The van der Waals surface area contributed by atoms with Gasteiger partial charge in [0.25, 0.3) is 0 Å². The SMILES string of the molecule is COCCCNc1ncnc(Nc2cccnc2Cl)c1N. The Hall–Kier alpha value is -2.12. The number of hydrogen-bond acceptors (Lipinski definition) is 7. The Kier molecular flexibility index (Phi) is 5.53. The molecule has 8 heteroatoms. The lowest BCUT2D eigenvalue weighted by Gasteiger charge is -2.12. The van der Waals surface area contributed by atoms with Gasteiger partial charge in [0, 0.05) is 26.5 Å². The van der Waals surface area contributed by atoms with Gasteiger partial charge in [-0.3, -0.25) is 0 Å². The minimum atomic E-state index is 0.352. The summed E-state index contributed by atoms with van der Waals surface area (Å²) in [6.07, 6.45) is 3.90. The highest BCUT2D eigenvalue weighted by Gasteiger charge is 2.09. The molecule has 0 unspecified atom stereocenters. The van der Waals surface area contributed by atoms with Crippen molar-refractivity contribution in [3.63, 3.8) is 0 Å². The molecule has 21 heavy (non-hydrogen) atoms. The number of nitrogens with one attached hydrogen (secondary N) is 2. The first kappa shape index (κ1) is 15.3. The van der Waals surface area contributed by atoms with Crippen molar-refractivity contribution in [1.82, 2.24) is 15.0 Å². The summed E-state index contributed by atoms with van der Waals surface area (Å²) in [5.74, 6) is 1.05. The lowest BCUT2D eigenvalue weighted by atomic mass is 10.3. The number of rotatable bonds is 7.